The molecule has 6 heteroatoms. The van der Waals surface area contributed by atoms with Gasteiger partial charge in [-0.2, -0.15) is 0 Å². The standard InChI is InChI=1S/C23H29N3O3/c1-23(16-27,13-17-7-4-3-5-8-17)15-26-22(28)24-12-11-18-14-25-19-9-6-10-20(29-2)21(18)19/h3-10,14,25,27H,11-13,15-16H2,1-2H3,(H2,24,26,28). The quantitative estimate of drug-likeness (QED) is 0.449. The number of aromatic amines is 1. The zero-order valence-corrected chi connectivity index (χ0v) is 17.0. The Morgan fingerprint density at radius 3 is 2.66 bits per heavy atom. The Bertz CT molecular complexity index is 939. The summed E-state index contributed by atoms with van der Waals surface area (Å²) in [5, 5.41) is 16.7. The van der Waals surface area contributed by atoms with Gasteiger partial charge in [0.2, 0.25) is 0 Å². The molecule has 29 heavy (non-hydrogen) atoms. The van der Waals surface area contributed by atoms with Gasteiger partial charge in [0, 0.05) is 35.6 Å². The van der Waals surface area contributed by atoms with E-state index in [9.17, 15) is 9.90 Å². The highest BCUT2D eigenvalue weighted by Crippen LogP contribution is 2.28. The zero-order valence-electron chi connectivity index (χ0n) is 17.0. The monoisotopic (exact) mass is 395 g/mol. The Kier molecular flexibility index (Phi) is 6.77. The first kappa shape index (κ1) is 20.7. The number of hydrogen-bond donors (Lipinski definition) is 4. The number of nitrogens with one attached hydrogen (secondary N) is 3. The van der Waals surface area contributed by atoms with Crippen molar-refractivity contribution >= 4 is 16.9 Å². The number of ether oxygens (including phenoxy) is 1. The first-order chi connectivity index (χ1) is 14.0. The molecule has 0 radical (unpaired) electrons. The van der Waals surface area contributed by atoms with E-state index in [1.165, 1.54) is 0 Å². The Hall–Kier alpha value is -2.99. The van der Waals surface area contributed by atoms with E-state index in [0.29, 0.717) is 25.9 Å². The van der Waals surface area contributed by atoms with Crippen LogP contribution in [0.1, 0.15) is 18.1 Å². The number of aromatic nitrogens is 1. The van der Waals surface area contributed by atoms with Crippen LogP contribution in [0.25, 0.3) is 10.9 Å². The lowest BCUT2D eigenvalue weighted by Gasteiger charge is -2.27. The van der Waals surface area contributed by atoms with Crippen molar-refractivity contribution in [3.8, 4) is 5.75 Å². The molecule has 6 nitrogen and oxygen atoms in total. The number of carbonyl (C=O) groups excluding carboxylic acids is 1. The number of aliphatic hydroxyl groups is 1. The van der Waals surface area contributed by atoms with E-state index in [1.54, 1.807) is 7.11 Å². The van der Waals surface area contributed by atoms with Gasteiger partial charge in [-0.1, -0.05) is 43.3 Å². The van der Waals surface area contributed by atoms with Gasteiger partial charge in [0.1, 0.15) is 5.75 Å². The smallest absolute Gasteiger partial charge is 0.314 e. The molecule has 0 bridgehead atoms. The lowest BCUT2D eigenvalue weighted by molar-refractivity contribution is 0.140. The average Bonchev–Trinajstić information content (AvgIpc) is 3.16. The maximum Gasteiger partial charge on any atom is 0.314 e. The summed E-state index contributed by atoms with van der Waals surface area (Å²) >= 11 is 0. The van der Waals surface area contributed by atoms with Gasteiger partial charge < -0.3 is 25.5 Å². The van der Waals surface area contributed by atoms with Crippen LogP contribution in [0.3, 0.4) is 0 Å². The van der Waals surface area contributed by atoms with Gasteiger partial charge in [0.25, 0.3) is 0 Å². The van der Waals surface area contributed by atoms with Crippen molar-refractivity contribution in [3.05, 3.63) is 65.9 Å². The number of aliphatic hydroxyl groups excluding tert-OH is 1. The summed E-state index contributed by atoms with van der Waals surface area (Å²) in [7, 11) is 1.66. The first-order valence-corrected chi connectivity index (χ1v) is 9.84. The molecule has 2 amide bonds. The van der Waals surface area contributed by atoms with Crippen LogP contribution < -0.4 is 15.4 Å². The number of benzene rings is 2. The third kappa shape index (κ3) is 5.29. The molecule has 1 unspecified atom stereocenters. The predicted octanol–water partition coefficient (Wildman–Crippen LogP) is 3.26. The summed E-state index contributed by atoms with van der Waals surface area (Å²) in [6.07, 6.45) is 3.34. The van der Waals surface area contributed by atoms with Gasteiger partial charge in [-0.3, -0.25) is 0 Å². The number of amides is 2. The van der Waals surface area contributed by atoms with Crippen molar-refractivity contribution in [1.29, 1.82) is 0 Å². The Labute approximate surface area is 171 Å². The van der Waals surface area contributed by atoms with E-state index in [-0.39, 0.29) is 12.6 Å². The second-order valence-corrected chi connectivity index (χ2v) is 7.69. The second kappa shape index (κ2) is 9.47. The van der Waals surface area contributed by atoms with Crippen LogP contribution in [0.2, 0.25) is 0 Å². The maximum atomic E-state index is 12.2. The van der Waals surface area contributed by atoms with Gasteiger partial charge in [-0.15, -0.1) is 0 Å². The number of rotatable bonds is 9. The molecule has 3 aromatic rings. The summed E-state index contributed by atoms with van der Waals surface area (Å²) in [6.45, 7) is 2.87. The van der Waals surface area contributed by atoms with E-state index in [0.717, 1.165) is 27.8 Å². The van der Waals surface area contributed by atoms with Gasteiger partial charge in [0.05, 0.1) is 13.7 Å². The normalized spacial score (nSPS) is 13.1. The highest BCUT2D eigenvalue weighted by Gasteiger charge is 2.24. The van der Waals surface area contributed by atoms with Crippen molar-refractivity contribution in [2.24, 2.45) is 5.41 Å². The van der Waals surface area contributed by atoms with E-state index in [1.807, 2.05) is 61.7 Å². The zero-order chi connectivity index (χ0) is 20.7. The minimum Gasteiger partial charge on any atom is -0.496 e. The van der Waals surface area contributed by atoms with Gasteiger partial charge >= 0.3 is 6.03 Å². The minimum absolute atomic E-state index is 0.00267. The number of carbonyl (C=O) groups is 1. The van der Waals surface area contributed by atoms with E-state index in [4.69, 9.17) is 4.74 Å². The Morgan fingerprint density at radius 2 is 1.93 bits per heavy atom. The molecule has 0 aliphatic rings. The fourth-order valence-corrected chi connectivity index (χ4v) is 3.52. The molecule has 0 aliphatic carbocycles. The van der Waals surface area contributed by atoms with Crippen molar-refractivity contribution in [1.82, 2.24) is 15.6 Å². The van der Waals surface area contributed by atoms with Crippen LogP contribution in [-0.4, -0.2) is 42.9 Å². The van der Waals surface area contributed by atoms with Crippen LogP contribution in [0.4, 0.5) is 4.79 Å². The molecule has 0 fully saturated rings. The number of hydrogen-bond acceptors (Lipinski definition) is 3. The largest absolute Gasteiger partial charge is 0.496 e. The fourth-order valence-electron chi connectivity index (χ4n) is 3.52. The first-order valence-electron chi connectivity index (χ1n) is 9.84. The molecule has 0 saturated carbocycles. The van der Waals surface area contributed by atoms with E-state index < -0.39 is 5.41 Å². The van der Waals surface area contributed by atoms with Gasteiger partial charge in [-0.25, -0.2) is 4.79 Å². The molecule has 0 saturated heterocycles. The average molecular weight is 396 g/mol. The van der Waals surface area contributed by atoms with Crippen molar-refractivity contribution < 1.29 is 14.6 Å². The van der Waals surface area contributed by atoms with E-state index >= 15 is 0 Å². The third-order valence-corrected chi connectivity index (χ3v) is 5.18. The molecule has 3 rings (SSSR count). The molecule has 0 spiro atoms. The molecule has 2 aromatic carbocycles. The van der Waals surface area contributed by atoms with Crippen LogP contribution in [-0.2, 0) is 12.8 Å². The summed E-state index contributed by atoms with van der Waals surface area (Å²) in [5.74, 6) is 0.822. The van der Waals surface area contributed by atoms with Crippen molar-refractivity contribution in [2.45, 2.75) is 19.8 Å². The third-order valence-electron chi connectivity index (χ3n) is 5.18. The minimum atomic E-state index is -0.414. The summed E-state index contributed by atoms with van der Waals surface area (Å²) in [6, 6.07) is 15.6. The molecule has 0 aliphatic heterocycles. The summed E-state index contributed by atoms with van der Waals surface area (Å²) in [5.41, 5.74) is 2.84. The lowest BCUT2D eigenvalue weighted by Crippen LogP contribution is -2.44. The van der Waals surface area contributed by atoms with Gasteiger partial charge in [0.15, 0.2) is 0 Å². The number of fused-ring (bicyclic) bond motifs is 1. The number of H-pyrrole nitrogens is 1. The lowest BCUT2D eigenvalue weighted by atomic mass is 9.84. The number of methoxy groups -OCH3 is 1. The predicted molar refractivity (Wildman–Crippen MR) is 115 cm³/mol. The topological polar surface area (TPSA) is 86.4 Å². The molecular weight excluding hydrogens is 366 g/mol. The highest BCUT2D eigenvalue weighted by molar-refractivity contribution is 5.89. The van der Waals surface area contributed by atoms with Crippen LogP contribution in [0.5, 0.6) is 5.75 Å². The van der Waals surface area contributed by atoms with Crippen LogP contribution in [0.15, 0.2) is 54.7 Å². The van der Waals surface area contributed by atoms with Crippen LogP contribution in [0, 0.1) is 5.41 Å². The summed E-state index contributed by atoms with van der Waals surface area (Å²) in [4.78, 5) is 15.5. The van der Waals surface area contributed by atoms with E-state index in [2.05, 4.69) is 15.6 Å². The second-order valence-electron chi connectivity index (χ2n) is 7.69. The maximum absolute atomic E-state index is 12.2. The molecule has 1 atom stereocenters. The SMILES string of the molecule is COc1cccc2[nH]cc(CCNC(=O)NCC(C)(CO)Cc3ccccc3)c12. The Morgan fingerprint density at radius 1 is 1.14 bits per heavy atom. The van der Waals surface area contributed by atoms with Gasteiger partial charge in [-0.05, 0) is 36.1 Å². The number of urea groups is 1. The van der Waals surface area contributed by atoms with Crippen molar-refractivity contribution in [2.75, 3.05) is 26.8 Å². The molecule has 1 aromatic heterocycles. The molecular formula is C23H29N3O3. The molecule has 4 N–H and O–H groups in total. The fraction of sp³-hybridized carbons (Fsp3) is 0.348. The van der Waals surface area contributed by atoms with Crippen molar-refractivity contribution in [3.63, 3.8) is 0 Å². The molecule has 1 heterocycles. The highest BCUT2D eigenvalue weighted by atomic mass is 16.5. The summed E-state index contributed by atoms with van der Waals surface area (Å²) < 4.78 is 5.45. The Balaban J connectivity index is 1.50. The van der Waals surface area contributed by atoms with Crippen LogP contribution >= 0.6 is 0 Å². The molecule has 154 valence electrons.